The van der Waals surface area contributed by atoms with E-state index in [1.807, 2.05) is 48.7 Å². The number of carbonyl (C=O) groups is 1. The minimum atomic E-state index is -0.255. The highest BCUT2D eigenvalue weighted by atomic mass is 32.1. The van der Waals surface area contributed by atoms with Gasteiger partial charge in [-0.3, -0.25) is 0 Å². The van der Waals surface area contributed by atoms with Crippen molar-refractivity contribution in [2.75, 3.05) is 11.9 Å². The van der Waals surface area contributed by atoms with Crippen LogP contribution < -0.4 is 10.6 Å². The van der Waals surface area contributed by atoms with Crippen LogP contribution in [0.1, 0.15) is 13.3 Å². The van der Waals surface area contributed by atoms with Crippen molar-refractivity contribution in [3.05, 3.63) is 41.8 Å². The average molecular weight is 290 g/mol. The Balaban J connectivity index is 1.99. The fourth-order valence-electron chi connectivity index (χ4n) is 1.85. The van der Waals surface area contributed by atoms with Gasteiger partial charge >= 0.3 is 6.03 Å². The number of aliphatic hydroxyl groups excluding tert-OH is 1. The Morgan fingerprint density at radius 1 is 1.35 bits per heavy atom. The molecular formula is C15H18N2O2S. The zero-order chi connectivity index (χ0) is 14.4. The van der Waals surface area contributed by atoms with Gasteiger partial charge in [0.05, 0.1) is 0 Å². The first-order valence-electron chi connectivity index (χ1n) is 6.51. The van der Waals surface area contributed by atoms with Gasteiger partial charge in [-0.15, -0.1) is 11.3 Å². The maximum Gasteiger partial charge on any atom is 0.319 e. The van der Waals surface area contributed by atoms with E-state index in [1.165, 1.54) is 4.88 Å². The first kappa shape index (κ1) is 14.6. The first-order chi connectivity index (χ1) is 9.69. The minimum absolute atomic E-state index is 0.0551. The van der Waals surface area contributed by atoms with Gasteiger partial charge in [-0.2, -0.15) is 0 Å². The van der Waals surface area contributed by atoms with E-state index in [2.05, 4.69) is 10.6 Å². The number of nitrogens with one attached hydrogen (secondary N) is 2. The summed E-state index contributed by atoms with van der Waals surface area (Å²) < 4.78 is 0. The fraction of sp³-hybridized carbons (Fsp3) is 0.267. The van der Waals surface area contributed by atoms with Gasteiger partial charge in [0.1, 0.15) is 0 Å². The van der Waals surface area contributed by atoms with E-state index < -0.39 is 0 Å². The third-order valence-corrected chi connectivity index (χ3v) is 3.78. The zero-order valence-electron chi connectivity index (χ0n) is 11.3. The van der Waals surface area contributed by atoms with Crippen LogP contribution in [0.2, 0.25) is 0 Å². The number of amides is 2. The van der Waals surface area contributed by atoms with E-state index in [0.717, 1.165) is 11.3 Å². The topological polar surface area (TPSA) is 61.4 Å². The summed E-state index contributed by atoms with van der Waals surface area (Å²) in [6, 6.07) is 11.5. The van der Waals surface area contributed by atoms with Gasteiger partial charge in [0.25, 0.3) is 0 Å². The molecule has 1 aromatic carbocycles. The number of rotatable bonds is 5. The Hall–Kier alpha value is -1.85. The van der Waals surface area contributed by atoms with Crippen molar-refractivity contribution in [1.29, 1.82) is 0 Å². The molecule has 0 unspecified atom stereocenters. The molecule has 0 aliphatic heterocycles. The number of carbonyl (C=O) groups excluding carboxylic acids is 1. The molecule has 5 heteroatoms. The molecule has 1 atom stereocenters. The van der Waals surface area contributed by atoms with E-state index in [9.17, 15) is 4.79 Å². The Bertz CT molecular complexity index is 555. The second kappa shape index (κ2) is 7.07. The Morgan fingerprint density at radius 2 is 2.20 bits per heavy atom. The van der Waals surface area contributed by atoms with Gasteiger partial charge in [0, 0.05) is 23.2 Å². The molecule has 3 N–H and O–H groups in total. The van der Waals surface area contributed by atoms with Crippen LogP contribution in [0, 0.1) is 0 Å². The molecule has 0 saturated heterocycles. The lowest BCUT2D eigenvalue weighted by molar-refractivity contribution is 0.241. The third kappa shape index (κ3) is 4.08. The monoisotopic (exact) mass is 290 g/mol. The molecule has 2 rings (SSSR count). The third-order valence-electron chi connectivity index (χ3n) is 2.87. The van der Waals surface area contributed by atoms with Crippen LogP contribution in [0.25, 0.3) is 10.4 Å². The molecule has 0 radical (unpaired) electrons. The molecule has 20 heavy (non-hydrogen) atoms. The molecule has 0 aliphatic carbocycles. The van der Waals surface area contributed by atoms with Crippen molar-refractivity contribution in [2.24, 2.45) is 0 Å². The molecule has 4 nitrogen and oxygen atoms in total. The lowest BCUT2D eigenvalue weighted by Gasteiger charge is -2.13. The summed E-state index contributed by atoms with van der Waals surface area (Å²) in [5, 5.41) is 16.4. The highest BCUT2D eigenvalue weighted by Crippen LogP contribution is 2.26. The summed E-state index contributed by atoms with van der Waals surface area (Å²) in [6.07, 6.45) is 0.544. The van der Waals surface area contributed by atoms with Crippen LogP contribution in [0.5, 0.6) is 0 Å². The number of hydrogen-bond acceptors (Lipinski definition) is 3. The van der Waals surface area contributed by atoms with Crippen LogP contribution in [-0.2, 0) is 0 Å². The smallest absolute Gasteiger partial charge is 0.319 e. The maximum atomic E-state index is 11.8. The molecule has 2 aromatic rings. The molecule has 0 bridgehead atoms. The summed E-state index contributed by atoms with van der Waals surface area (Å²) in [6.45, 7) is 1.92. The number of aliphatic hydroxyl groups is 1. The van der Waals surface area contributed by atoms with Crippen LogP contribution in [0.3, 0.4) is 0 Å². The number of anilines is 1. The Morgan fingerprint density at radius 3 is 2.90 bits per heavy atom. The normalized spacial score (nSPS) is 11.9. The molecule has 0 fully saturated rings. The van der Waals surface area contributed by atoms with Crippen molar-refractivity contribution >= 4 is 23.1 Å². The van der Waals surface area contributed by atoms with E-state index in [4.69, 9.17) is 5.11 Å². The van der Waals surface area contributed by atoms with Crippen molar-refractivity contribution in [3.63, 3.8) is 0 Å². The predicted molar refractivity (Wildman–Crippen MR) is 83.1 cm³/mol. The van der Waals surface area contributed by atoms with Crippen LogP contribution in [0.15, 0.2) is 41.8 Å². The summed E-state index contributed by atoms with van der Waals surface area (Å²) in [5.41, 5.74) is 1.84. The predicted octanol–water partition coefficient (Wildman–Crippen LogP) is 3.31. The lowest BCUT2D eigenvalue weighted by atomic mass is 10.1. The van der Waals surface area contributed by atoms with Gasteiger partial charge in [-0.1, -0.05) is 18.2 Å². The maximum absolute atomic E-state index is 11.8. The number of thiophene rings is 1. The molecule has 1 heterocycles. The molecular weight excluding hydrogens is 272 g/mol. The fourth-order valence-corrected chi connectivity index (χ4v) is 2.57. The number of benzene rings is 1. The van der Waals surface area contributed by atoms with Crippen LogP contribution in [-0.4, -0.2) is 23.8 Å². The Kier molecular flexibility index (Phi) is 5.15. The van der Waals surface area contributed by atoms with E-state index >= 15 is 0 Å². The van der Waals surface area contributed by atoms with E-state index in [1.54, 1.807) is 11.3 Å². The van der Waals surface area contributed by atoms with Gasteiger partial charge in [-0.05, 0) is 42.5 Å². The van der Waals surface area contributed by atoms with Gasteiger partial charge in [-0.25, -0.2) is 4.79 Å². The van der Waals surface area contributed by atoms with Gasteiger partial charge in [0.15, 0.2) is 0 Å². The van der Waals surface area contributed by atoms with Gasteiger partial charge < -0.3 is 15.7 Å². The zero-order valence-corrected chi connectivity index (χ0v) is 12.1. The van der Waals surface area contributed by atoms with Gasteiger partial charge in [0.2, 0.25) is 0 Å². The van der Waals surface area contributed by atoms with Crippen molar-refractivity contribution in [3.8, 4) is 10.4 Å². The second-order valence-electron chi connectivity index (χ2n) is 4.57. The average Bonchev–Trinajstić information content (AvgIpc) is 2.92. The van der Waals surface area contributed by atoms with Crippen LogP contribution in [0.4, 0.5) is 10.5 Å². The lowest BCUT2D eigenvalue weighted by Crippen LogP contribution is -2.36. The quantitative estimate of drug-likeness (QED) is 0.791. The summed E-state index contributed by atoms with van der Waals surface area (Å²) in [7, 11) is 0. The highest BCUT2D eigenvalue weighted by Gasteiger charge is 2.07. The molecule has 1 aromatic heterocycles. The summed E-state index contributed by atoms with van der Waals surface area (Å²) in [4.78, 5) is 13.0. The van der Waals surface area contributed by atoms with Crippen LogP contribution >= 0.6 is 11.3 Å². The van der Waals surface area contributed by atoms with E-state index in [-0.39, 0.29) is 18.7 Å². The minimum Gasteiger partial charge on any atom is -0.396 e. The molecule has 0 aliphatic rings. The summed E-state index contributed by atoms with van der Waals surface area (Å²) >= 11 is 1.66. The van der Waals surface area contributed by atoms with Crippen molar-refractivity contribution in [2.45, 2.75) is 19.4 Å². The molecule has 0 spiro atoms. The Labute approximate surface area is 122 Å². The molecule has 2 amide bonds. The number of hydrogen-bond donors (Lipinski definition) is 3. The van der Waals surface area contributed by atoms with Crippen molar-refractivity contribution < 1.29 is 9.90 Å². The van der Waals surface area contributed by atoms with Crippen molar-refractivity contribution in [1.82, 2.24) is 5.32 Å². The highest BCUT2D eigenvalue weighted by molar-refractivity contribution is 7.13. The largest absolute Gasteiger partial charge is 0.396 e. The number of urea groups is 1. The standard InChI is InChI=1S/C15H18N2O2S/c1-11(7-8-18)16-15(19)17-13-5-2-4-12(10-13)14-6-3-9-20-14/h2-6,9-11,18H,7-8H2,1H3,(H2,16,17,19)/t11-/m1/s1. The first-order valence-corrected chi connectivity index (χ1v) is 7.39. The molecule has 106 valence electrons. The second-order valence-corrected chi connectivity index (χ2v) is 5.52. The van der Waals surface area contributed by atoms with E-state index in [0.29, 0.717) is 6.42 Å². The SMILES string of the molecule is C[C@H](CCO)NC(=O)Nc1cccc(-c2cccs2)c1. The molecule has 0 saturated carbocycles. The summed E-state index contributed by atoms with van der Waals surface area (Å²) in [5.74, 6) is 0.